The lowest BCUT2D eigenvalue weighted by molar-refractivity contribution is 0.122. The first kappa shape index (κ1) is 20.7. The van der Waals surface area contributed by atoms with Crippen LogP contribution in [0.3, 0.4) is 0 Å². The van der Waals surface area contributed by atoms with Crippen molar-refractivity contribution in [3.05, 3.63) is 90.4 Å². The summed E-state index contributed by atoms with van der Waals surface area (Å²) in [6.07, 6.45) is 5.83. The Hall–Kier alpha value is -3.23. The zero-order chi connectivity index (χ0) is 21.6. The molecule has 2 aromatic carbocycles. The molecule has 0 amide bonds. The summed E-state index contributed by atoms with van der Waals surface area (Å²) in [5.41, 5.74) is 3.64. The molecular weight excluding hydrogens is 420 g/mol. The van der Waals surface area contributed by atoms with Crippen LogP contribution < -0.4 is 4.90 Å². The Labute approximate surface area is 191 Å². The second-order valence-electron chi connectivity index (χ2n) is 7.59. The number of benzene rings is 2. The highest BCUT2D eigenvalue weighted by Crippen LogP contribution is 2.26. The van der Waals surface area contributed by atoms with E-state index in [1.807, 2.05) is 16.9 Å². The quantitative estimate of drug-likeness (QED) is 0.403. The molecule has 162 valence electrons. The third-order valence-corrected chi connectivity index (χ3v) is 6.26. The molecule has 0 N–H and O–H groups in total. The minimum atomic E-state index is 0.715. The first-order chi connectivity index (χ1) is 15.8. The van der Waals surface area contributed by atoms with Gasteiger partial charge in [-0.25, -0.2) is 19.6 Å². The van der Waals surface area contributed by atoms with Gasteiger partial charge < -0.3 is 9.64 Å². The lowest BCUT2D eigenvalue weighted by atomic mass is 10.1. The van der Waals surface area contributed by atoms with Crippen LogP contribution in [-0.4, -0.2) is 51.0 Å². The van der Waals surface area contributed by atoms with Crippen molar-refractivity contribution in [1.29, 1.82) is 0 Å². The zero-order valence-electron chi connectivity index (χ0n) is 17.7. The van der Waals surface area contributed by atoms with Crippen LogP contribution in [0.4, 0.5) is 5.69 Å². The summed E-state index contributed by atoms with van der Waals surface area (Å²) in [7, 11) is 0. The summed E-state index contributed by atoms with van der Waals surface area (Å²) in [6.45, 7) is 4.20. The summed E-state index contributed by atoms with van der Waals surface area (Å²) in [5.74, 6) is 0.830. The summed E-state index contributed by atoms with van der Waals surface area (Å²) in [5, 5.41) is 5.10. The van der Waals surface area contributed by atoms with Crippen molar-refractivity contribution in [2.45, 2.75) is 22.9 Å². The molecule has 0 spiro atoms. The molecule has 4 aromatic rings. The molecule has 7 nitrogen and oxygen atoms in total. The largest absolute Gasteiger partial charge is 0.378 e. The van der Waals surface area contributed by atoms with Crippen LogP contribution >= 0.6 is 11.8 Å². The van der Waals surface area contributed by atoms with E-state index in [2.05, 4.69) is 68.5 Å². The number of nitrogens with zero attached hydrogens (tertiary/aromatic N) is 6. The van der Waals surface area contributed by atoms with Crippen LogP contribution in [0.2, 0.25) is 0 Å². The van der Waals surface area contributed by atoms with Gasteiger partial charge in [-0.05, 0) is 41.5 Å². The molecule has 3 heterocycles. The summed E-state index contributed by atoms with van der Waals surface area (Å²) in [6, 6.07) is 19.1. The van der Waals surface area contributed by atoms with Crippen molar-refractivity contribution in [2.24, 2.45) is 0 Å². The Morgan fingerprint density at radius 3 is 2.44 bits per heavy atom. The average Bonchev–Trinajstić information content (AvgIpc) is 3.35. The van der Waals surface area contributed by atoms with Gasteiger partial charge in [0.2, 0.25) is 0 Å². The van der Waals surface area contributed by atoms with Crippen LogP contribution in [0.1, 0.15) is 17.0 Å². The van der Waals surface area contributed by atoms with Gasteiger partial charge in [0, 0.05) is 36.3 Å². The van der Waals surface area contributed by atoms with E-state index in [0.717, 1.165) is 42.0 Å². The first-order valence-electron chi connectivity index (χ1n) is 10.6. The fraction of sp³-hybridized carbons (Fsp3) is 0.250. The molecule has 1 fully saturated rings. The standard InChI is InChI=1S/C24H24N6OS/c1-5-21(29-11-13-31-14-12-29)6-2-19(1)15-23-26-10-9-24(28-23)32-22-7-3-20(4-8-22)16-30-18-25-17-27-30/h1-10,17-18H,11-16H2. The number of aromatic nitrogens is 5. The van der Waals surface area contributed by atoms with Crippen molar-refractivity contribution in [3.63, 3.8) is 0 Å². The molecule has 2 aromatic heterocycles. The SMILES string of the molecule is c1cc(Sc2ccc(Cn3cncn3)cc2)nc(Cc2ccc(N3CCOCC3)cc2)n1. The third-order valence-electron chi connectivity index (χ3n) is 5.31. The van der Waals surface area contributed by atoms with Crippen LogP contribution in [0, 0.1) is 0 Å². The van der Waals surface area contributed by atoms with E-state index in [-0.39, 0.29) is 0 Å². The van der Waals surface area contributed by atoms with Crippen molar-refractivity contribution < 1.29 is 4.74 Å². The number of hydrogen-bond donors (Lipinski definition) is 0. The Bertz CT molecular complexity index is 1130. The van der Waals surface area contributed by atoms with E-state index in [9.17, 15) is 0 Å². The Balaban J connectivity index is 1.21. The van der Waals surface area contributed by atoms with Crippen molar-refractivity contribution in [3.8, 4) is 0 Å². The maximum absolute atomic E-state index is 5.44. The predicted molar refractivity (Wildman–Crippen MR) is 124 cm³/mol. The lowest BCUT2D eigenvalue weighted by Crippen LogP contribution is -2.36. The van der Waals surface area contributed by atoms with Crippen LogP contribution in [0.25, 0.3) is 0 Å². The van der Waals surface area contributed by atoms with Gasteiger partial charge in [-0.15, -0.1) is 0 Å². The van der Waals surface area contributed by atoms with Gasteiger partial charge in [-0.1, -0.05) is 36.0 Å². The Morgan fingerprint density at radius 1 is 0.906 bits per heavy atom. The molecule has 1 saturated heterocycles. The van der Waals surface area contributed by atoms with E-state index >= 15 is 0 Å². The molecule has 1 aliphatic heterocycles. The van der Waals surface area contributed by atoms with E-state index in [1.54, 1.807) is 24.4 Å². The average molecular weight is 445 g/mol. The summed E-state index contributed by atoms with van der Waals surface area (Å²) >= 11 is 1.65. The molecule has 1 aliphatic rings. The fourth-order valence-electron chi connectivity index (χ4n) is 3.64. The molecule has 0 unspecified atom stereocenters. The normalized spacial score (nSPS) is 13.9. The molecular formula is C24H24N6OS. The van der Waals surface area contributed by atoms with Gasteiger partial charge in [-0.3, -0.25) is 0 Å². The van der Waals surface area contributed by atoms with E-state index in [1.165, 1.54) is 16.8 Å². The fourth-order valence-corrected chi connectivity index (χ4v) is 4.43. The molecule has 0 atom stereocenters. The Morgan fingerprint density at radius 2 is 1.69 bits per heavy atom. The van der Waals surface area contributed by atoms with Gasteiger partial charge in [0.15, 0.2) is 0 Å². The number of morpholine rings is 1. The van der Waals surface area contributed by atoms with Crippen LogP contribution in [-0.2, 0) is 17.7 Å². The van der Waals surface area contributed by atoms with Crippen LogP contribution in [0.5, 0.6) is 0 Å². The Kier molecular flexibility index (Phi) is 6.41. The van der Waals surface area contributed by atoms with Crippen molar-refractivity contribution in [1.82, 2.24) is 24.7 Å². The molecule has 0 radical (unpaired) electrons. The zero-order valence-corrected chi connectivity index (χ0v) is 18.5. The lowest BCUT2D eigenvalue weighted by Gasteiger charge is -2.28. The molecule has 32 heavy (non-hydrogen) atoms. The molecule has 0 bridgehead atoms. The van der Waals surface area contributed by atoms with Gasteiger partial charge >= 0.3 is 0 Å². The monoisotopic (exact) mass is 444 g/mol. The maximum atomic E-state index is 5.44. The molecule has 0 saturated carbocycles. The van der Waals surface area contributed by atoms with Gasteiger partial charge in [-0.2, -0.15) is 5.10 Å². The highest BCUT2D eigenvalue weighted by molar-refractivity contribution is 7.99. The van der Waals surface area contributed by atoms with E-state index < -0.39 is 0 Å². The summed E-state index contributed by atoms with van der Waals surface area (Å²) < 4.78 is 7.25. The van der Waals surface area contributed by atoms with E-state index in [4.69, 9.17) is 9.72 Å². The second-order valence-corrected chi connectivity index (χ2v) is 8.69. The summed E-state index contributed by atoms with van der Waals surface area (Å²) in [4.78, 5) is 16.7. The third kappa shape index (κ3) is 5.33. The van der Waals surface area contributed by atoms with Gasteiger partial charge in [0.05, 0.1) is 19.8 Å². The van der Waals surface area contributed by atoms with Gasteiger partial charge in [0.1, 0.15) is 23.5 Å². The highest BCUT2D eigenvalue weighted by Gasteiger charge is 2.11. The number of rotatable bonds is 7. The maximum Gasteiger partial charge on any atom is 0.137 e. The smallest absolute Gasteiger partial charge is 0.137 e. The number of anilines is 1. The van der Waals surface area contributed by atoms with E-state index in [0.29, 0.717) is 13.0 Å². The predicted octanol–water partition coefficient (Wildman–Crippen LogP) is 3.70. The second kappa shape index (κ2) is 9.93. The first-order valence-corrected chi connectivity index (χ1v) is 11.5. The molecule has 8 heteroatoms. The van der Waals surface area contributed by atoms with Crippen LogP contribution in [0.15, 0.2) is 83.4 Å². The van der Waals surface area contributed by atoms with Crippen molar-refractivity contribution in [2.75, 3.05) is 31.2 Å². The topological polar surface area (TPSA) is 69.0 Å². The van der Waals surface area contributed by atoms with Crippen molar-refractivity contribution >= 4 is 17.4 Å². The minimum Gasteiger partial charge on any atom is -0.378 e. The molecule has 5 rings (SSSR count). The number of hydrogen-bond acceptors (Lipinski definition) is 7. The minimum absolute atomic E-state index is 0.715. The molecule has 0 aliphatic carbocycles. The number of ether oxygens (including phenoxy) is 1. The highest BCUT2D eigenvalue weighted by atomic mass is 32.2. The van der Waals surface area contributed by atoms with Gasteiger partial charge in [0.25, 0.3) is 0 Å².